The molecule has 106 valence electrons. The van der Waals surface area contributed by atoms with Crippen LogP contribution in [0.5, 0.6) is 5.75 Å². The smallest absolute Gasteiger partial charge is 0.339 e. The number of ether oxygens (including phenoxy) is 1. The molecule has 0 aliphatic rings. The van der Waals surface area contributed by atoms with Gasteiger partial charge in [-0.3, -0.25) is 0 Å². The van der Waals surface area contributed by atoms with Gasteiger partial charge in [-0.2, -0.15) is 5.10 Å². The first-order valence-corrected chi connectivity index (χ1v) is 6.93. The van der Waals surface area contributed by atoms with Crippen LogP contribution in [0.4, 0.5) is 0 Å². The van der Waals surface area contributed by atoms with Crippen LogP contribution in [0.2, 0.25) is 0 Å². The lowest BCUT2D eigenvalue weighted by molar-refractivity contribution is 0.0691. The largest absolute Gasteiger partial charge is 0.485 e. The lowest BCUT2D eigenvalue weighted by Crippen LogP contribution is -2.10. The van der Waals surface area contributed by atoms with Crippen molar-refractivity contribution in [1.82, 2.24) is 14.8 Å². The first-order chi connectivity index (χ1) is 9.61. The SMILES string of the molecule is CCCn1ncnc1COc1cc(Br)ccc1C(=O)O. The second-order valence-corrected chi connectivity index (χ2v) is 5.05. The topological polar surface area (TPSA) is 77.2 Å². The molecule has 0 aliphatic heterocycles. The highest BCUT2D eigenvalue weighted by Crippen LogP contribution is 2.24. The predicted molar refractivity (Wildman–Crippen MR) is 75.7 cm³/mol. The van der Waals surface area contributed by atoms with Crippen molar-refractivity contribution in [3.63, 3.8) is 0 Å². The summed E-state index contributed by atoms with van der Waals surface area (Å²) in [5.41, 5.74) is 0.120. The number of nitrogens with zero attached hydrogens (tertiary/aromatic N) is 3. The van der Waals surface area contributed by atoms with Crippen LogP contribution in [0.3, 0.4) is 0 Å². The summed E-state index contributed by atoms with van der Waals surface area (Å²) >= 11 is 3.30. The second-order valence-electron chi connectivity index (χ2n) is 4.13. The summed E-state index contributed by atoms with van der Waals surface area (Å²) in [6.07, 6.45) is 2.40. The molecule has 1 heterocycles. The summed E-state index contributed by atoms with van der Waals surface area (Å²) in [5.74, 6) is -0.0522. The standard InChI is InChI=1S/C13H14BrN3O3/c1-2-5-17-12(15-8-16-17)7-20-11-6-9(14)3-4-10(11)13(18)19/h3-4,6,8H,2,5,7H2,1H3,(H,18,19). The van der Waals surface area contributed by atoms with Crippen LogP contribution in [-0.2, 0) is 13.2 Å². The van der Waals surface area contributed by atoms with Crippen LogP contribution >= 0.6 is 15.9 Å². The van der Waals surface area contributed by atoms with Gasteiger partial charge in [0.2, 0.25) is 0 Å². The molecule has 0 unspecified atom stereocenters. The highest BCUT2D eigenvalue weighted by atomic mass is 79.9. The molecule has 0 fully saturated rings. The Morgan fingerprint density at radius 1 is 1.50 bits per heavy atom. The van der Waals surface area contributed by atoms with Crippen LogP contribution < -0.4 is 4.74 Å². The molecule has 0 spiro atoms. The van der Waals surface area contributed by atoms with Crippen LogP contribution in [0, 0.1) is 0 Å². The van der Waals surface area contributed by atoms with Crippen molar-refractivity contribution in [2.45, 2.75) is 26.5 Å². The monoisotopic (exact) mass is 339 g/mol. The Morgan fingerprint density at radius 2 is 2.30 bits per heavy atom. The van der Waals surface area contributed by atoms with Crippen molar-refractivity contribution < 1.29 is 14.6 Å². The number of carbonyl (C=O) groups is 1. The van der Waals surface area contributed by atoms with E-state index in [-0.39, 0.29) is 12.2 Å². The Morgan fingerprint density at radius 3 is 3.00 bits per heavy atom. The zero-order valence-corrected chi connectivity index (χ0v) is 12.5. The Bertz CT molecular complexity index is 613. The number of aromatic carboxylic acids is 1. The molecule has 1 N–H and O–H groups in total. The third-order valence-corrected chi connectivity index (χ3v) is 3.16. The van der Waals surface area contributed by atoms with E-state index < -0.39 is 5.97 Å². The Hall–Kier alpha value is -1.89. The van der Waals surface area contributed by atoms with E-state index in [0.717, 1.165) is 17.4 Å². The van der Waals surface area contributed by atoms with Crippen LogP contribution in [-0.4, -0.2) is 25.8 Å². The molecule has 2 rings (SSSR count). The number of carboxylic acids is 1. The molecule has 2 aromatic rings. The second kappa shape index (κ2) is 6.51. The predicted octanol–water partition coefficient (Wildman–Crippen LogP) is 2.73. The van der Waals surface area contributed by atoms with Crippen molar-refractivity contribution in [2.75, 3.05) is 0 Å². The Labute approximate surface area is 124 Å². The first-order valence-electron chi connectivity index (χ1n) is 6.14. The molecular weight excluding hydrogens is 326 g/mol. The average Bonchev–Trinajstić information content (AvgIpc) is 2.84. The van der Waals surface area contributed by atoms with Gasteiger partial charge in [-0.15, -0.1) is 0 Å². The number of halogens is 1. The number of benzene rings is 1. The van der Waals surface area contributed by atoms with E-state index in [0.29, 0.717) is 11.6 Å². The quantitative estimate of drug-likeness (QED) is 0.875. The van der Waals surface area contributed by atoms with Gasteiger partial charge in [0.1, 0.15) is 24.2 Å². The van der Waals surface area contributed by atoms with Crippen LogP contribution in [0.25, 0.3) is 0 Å². The number of rotatable bonds is 6. The third kappa shape index (κ3) is 3.36. The lowest BCUT2D eigenvalue weighted by Gasteiger charge is -2.10. The van der Waals surface area contributed by atoms with E-state index in [1.165, 1.54) is 12.4 Å². The molecule has 0 amide bonds. The summed E-state index contributed by atoms with van der Waals surface area (Å²) in [6.45, 7) is 2.98. The van der Waals surface area contributed by atoms with Crippen molar-refractivity contribution >= 4 is 21.9 Å². The van der Waals surface area contributed by atoms with Crippen molar-refractivity contribution in [3.8, 4) is 5.75 Å². The van der Waals surface area contributed by atoms with Gasteiger partial charge < -0.3 is 9.84 Å². The fourth-order valence-electron chi connectivity index (χ4n) is 1.73. The molecule has 0 atom stereocenters. The van der Waals surface area contributed by atoms with E-state index >= 15 is 0 Å². The normalized spacial score (nSPS) is 10.5. The van der Waals surface area contributed by atoms with Gasteiger partial charge in [0.05, 0.1) is 0 Å². The summed E-state index contributed by atoms with van der Waals surface area (Å²) in [6, 6.07) is 4.79. The zero-order chi connectivity index (χ0) is 14.5. The molecule has 0 radical (unpaired) electrons. The van der Waals surface area contributed by atoms with Gasteiger partial charge in [-0.1, -0.05) is 22.9 Å². The van der Waals surface area contributed by atoms with E-state index in [1.54, 1.807) is 16.8 Å². The van der Waals surface area contributed by atoms with Gasteiger partial charge in [0.15, 0.2) is 5.82 Å². The maximum Gasteiger partial charge on any atom is 0.339 e. The molecule has 20 heavy (non-hydrogen) atoms. The molecule has 1 aromatic carbocycles. The van der Waals surface area contributed by atoms with Crippen molar-refractivity contribution in [1.29, 1.82) is 0 Å². The summed E-state index contributed by atoms with van der Waals surface area (Å²) in [5, 5.41) is 13.2. The molecule has 7 heteroatoms. The van der Waals surface area contributed by atoms with E-state index in [1.807, 2.05) is 6.92 Å². The molecule has 0 saturated carbocycles. The number of hydrogen-bond acceptors (Lipinski definition) is 4. The van der Waals surface area contributed by atoms with Crippen LogP contribution in [0.15, 0.2) is 29.0 Å². The maximum absolute atomic E-state index is 11.1. The van der Waals surface area contributed by atoms with Crippen molar-refractivity contribution in [3.05, 3.63) is 40.4 Å². The van der Waals surface area contributed by atoms with E-state index in [9.17, 15) is 4.79 Å². The Balaban J connectivity index is 2.16. The van der Waals surface area contributed by atoms with Gasteiger partial charge in [0, 0.05) is 11.0 Å². The number of aromatic nitrogens is 3. The fraction of sp³-hybridized carbons (Fsp3) is 0.308. The first kappa shape index (κ1) is 14.5. The number of hydrogen-bond donors (Lipinski definition) is 1. The third-order valence-electron chi connectivity index (χ3n) is 2.66. The number of aryl methyl sites for hydroxylation is 1. The van der Waals surface area contributed by atoms with Gasteiger partial charge in [-0.25, -0.2) is 14.5 Å². The molecule has 0 bridgehead atoms. The number of carboxylic acid groups (broad SMARTS) is 1. The van der Waals surface area contributed by atoms with E-state index in [4.69, 9.17) is 9.84 Å². The van der Waals surface area contributed by atoms with Crippen molar-refractivity contribution in [2.24, 2.45) is 0 Å². The highest BCUT2D eigenvalue weighted by Gasteiger charge is 2.13. The minimum Gasteiger partial charge on any atom is -0.485 e. The molecule has 1 aromatic heterocycles. The van der Waals surface area contributed by atoms with E-state index in [2.05, 4.69) is 26.0 Å². The average molecular weight is 340 g/mol. The van der Waals surface area contributed by atoms with Crippen LogP contribution in [0.1, 0.15) is 29.5 Å². The zero-order valence-electron chi connectivity index (χ0n) is 10.9. The van der Waals surface area contributed by atoms with Gasteiger partial charge in [-0.05, 0) is 24.6 Å². The Kier molecular flexibility index (Phi) is 4.73. The molecule has 0 saturated heterocycles. The summed E-state index contributed by atoms with van der Waals surface area (Å²) < 4.78 is 8.08. The molecular formula is C13H14BrN3O3. The van der Waals surface area contributed by atoms with Gasteiger partial charge >= 0.3 is 5.97 Å². The minimum atomic E-state index is -1.03. The highest BCUT2D eigenvalue weighted by molar-refractivity contribution is 9.10. The summed E-state index contributed by atoms with van der Waals surface area (Å²) in [7, 11) is 0. The molecule has 6 nitrogen and oxygen atoms in total. The summed E-state index contributed by atoms with van der Waals surface area (Å²) in [4.78, 5) is 15.2. The van der Waals surface area contributed by atoms with Gasteiger partial charge in [0.25, 0.3) is 0 Å². The maximum atomic E-state index is 11.1. The fourth-order valence-corrected chi connectivity index (χ4v) is 2.07. The minimum absolute atomic E-state index is 0.120. The lowest BCUT2D eigenvalue weighted by atomic mass is 10.2. The molecule has 0 aliphatic carbocycles.